The van der Waals surface area contributed by atoms with Crippen LogP contribution in [0.25, 0.3) is 0 Å². The molecule has 3 rings (SSSR count). The summed E-state index contributed by atoms with van der Waals surface area (Å²) in [6.45, 7) is 2.77. The number of ether oxygens (including phenoxy) is 2. The predicted octanol–water partition coefficient (Wildman–Crippen LogP) is 1.71. The van der Waals surface area contributed by atoms with Crippen LogP contribution in [-0.2, 0) is 6.54 Å². The van der Waals surface area contributed by atoms with Crippen LogP contribution in [-0.4, -0.2) is 31.0 Å². The Morgan fingerprint density at radius 1 is 1.26 bits per heavy atom. The van der Waals surface area contributed by atoms with Crippen LogP contribution in [0.5, 0.6) is 11.5 Å². The van der Waals surface area contributed by atoms with E-state index in [1.165, 1.54) is 12.8 Å². The van der Waals surface area contributed by atoms with E-state index >= 15 is 0 Å². The molecule has 1 atom stereocenters. The van der Waals surface area contributed by atoms with E-state index in [9.17, 15) is 5.11 Å². The van der Waals surface area contributed by atoms with Gasteiger partial charge in [-0.05, 0) is 24.8 Å². The summed E-state index contributed by atoms with van der Waals surface area (Å²) in [5, 5.41) is 13.1. The summed E-state index contributed by atoms with van der Waals surface area (Å²) in [6.07, 6.45) is 3.04. The summed E-state index contributed by atoms with van der Waals surface area (Å²) >= 11 is 0. The van der Waals surface area contributed by atoms with Crippen LogP contribution in [0.2, 0.25) is 0 Å². The van der Waals surface area contributed by atoms with Gasteiger partial charge in [0.05, 0.1) is 19.3 Å². The number of hydrogen-bond donors (Lipinski definition) is 2. The molecular weight excluding hydrogens is 242 g/mol. The van der Waals surface area contributed by atoms with E-state index in [0.717, 1.165) is 23.5 Å². The highest BCUT2D eigenvalue weighted by molar-refractivity contribution is 5.47. The van der Waals surface area contributed by atoms with Crippen molar-refractivity contribution in [2.45, 2.75) is 31.9 Å². The van der Waals surface area contributed by atoms with Crippen LogP contribution in [0.1, 0.15) is 24.8 Å². The Bertz CT molecular complexity index is 431. The lowest BCUT2D eigenvalue weighted by Gasteiger charge is -2.14. The maximum atomic E-state index is 9.83. The lowest BCUT2D eigenvalue weighted by atomic mass is 10.1. The van der Waals surface area contributed by atoms with Crippen molar-refractivity contribution in [3.8, 4) is 11.5 Å². The maximum Gasteiger partial charge on any atom is 0.165 e. The van der Waals surface area contributed by atoms with Crippen molar-refractivity contribution in [1.29, 1.82) is 0 Å². The highest BCUT2D eigenvalue weighted by Gasteiger charge is 2.29. The highest BCUT2D eigenvalue weighted by atomic mass is 16.5. The van der Waals surface area contributed by atoms with E-state index in [-0.39, 0.29) is 6.10 Å². The number of para-hydroxylation sites is 1. The zero-order chi connectivity index (χ0) is 13.1. The van der Waals surface area contributed by atoms with Gasteiger partial charge in [-0.1, -0.05) is 12.1 Å². The molecule has 0 aromatic heterocycles. The molecule has 0 bridgehead atoms. The Balaban J connectivity index is 1.60. The second kappa shape index (κ2) is 5.80. The SMILES string of the molecule is OC(CNCc1cccc2c1OCCCO2)C1CC1. The molecule has 4 nitrogen and oxygen atoms in total. The van der Waals surface area contributed by atoms with Crippen molar-refractivity contribution in [3.63, 3.8) is 0 Å². The van der Waals surface area contributed by atoms with E-state index in [1.54, 1.807) is 0 Å². The molecule has 0 radical (unpaired) electrons. The van der Waals surface area contributed by atoms with Crippen molar-refractivity contribution in [3.05, 3.63) is 23.8 Å². The van der Waals surface area contributed by atoms with Gasteiger partial charge in [-0.3, -0.25) is 0 Å². The molecule has 1 aromatic carbocycles. The maximum absolute atomic E-state index is 9.83. The molecule has 1 unspecified atom stereocenters. The van der Waals surface area contributed by atoms with Gasteiger partial charge < -0.3 is 19.9 Å². The van der Waals surface area contributed by atoms with E-state index in [0.29, 0.717) is 32.2 Å². The molecule has 1 heterocycles. The molecule has 19 heavy (non-hydrogen) atoms. The molecule has 1 aromatic rings. The summed E-state index contributed by atoms with van der Waals surface area (Å²) < 4.78 is 11.4. The van der Waals surface area contributed by atoms with Gasteiger partial charge in [-0.15, -0.1) is 0 Å². The van der Waals surface area contributed by atoms with Gasteiger partial charge in [0.1, 0.15) is 0 Å². The molecule has 104 valence electrons. The minimum Gasteiger partial charge on any atom is -0.490 e. The van der Waals surface area contributed by atoms with Gasteiger partial charge in [0.2, 0.25) is 0 Å². The lowest BCUT2D eigenvalue weighted by Crippen LogP contribution is -2.28. The van der Waals surface area contributed by atoms with Gasteiger partial charge in [-0.25, -0.2) is 0 Å². The third kappa shape index (κ3) is 3.19. The molecule has 2 aliphatic rings. The molecule has 4 heteroatoms. The zero-order valence-corrected chi connectivity index (χ0v) is 11.1. The van der Waals surface area contributed by atoms with Crippen LogP contribution in [0, 0.1) is 5.92 Å². The molecule has 1 fully saturated rings. The summed E-state index contributed by atoms with van der Waals surface area (Å²) in [5.74, 6) is 2.20. The largest absolute Gasteiger partial charge is 0.490 e. The van der Waals surface area contributed by atoms with E-state index < -0.39 is 0 Å². The Morgan fingerprint density at radius 2 is 2.11 bits per heavy atom. The molecule has 0 spiro atoms. The molecule has 1 aliphatic heterocycles. The second-order valence-electron chi connectivity index (χ2n) is 5.33. The van der Waals surface area contributed by atoms with Crippen LogP contribution in [0.3, 0.4) is 0 Å². The predicted molar refractivity (Wildman–Crippen MR) is 72.5 cm³/mol. The first-order chi connectivity index (χ1) is 9.34. The lowest BCUT2D eigenvalue weighted by molar-refractivity contribution is 0.148. The molecule has 0 saturated heterocycles. The molecule has 1 aliphatic carbocycles. The van der Waals surface area contributed by atoms with Gasteiger partial charge in [-0.2, -0.15) is 0 Å². The smallest absolute Gasteiger partial charge is 0.165 e. The second-order valence-corrected chi connectivity index (χ2v) is 5.33. The Hall–Kier alpha value is -1.26. The number of fused-ring (bicyclic) bond motifs is 1. The Kier molecular flexibility index (Phi) is 3.89. The minimum absolute atomic E-state index is 0.209. The van der Waals surface area contributed by atoms with Crippen LogP contribution in [0.4, 0.5) is 0 Å². The van der Waals surface area contributed by atoms with Crippen molar-refractivity contribution in [1.82, 2.24) is 5.32 Å². The van der Waals surface area contributed by atoms with Crippen molar-refractivity contribution in [2.24, 2.45) is 5.92 Å². The summed E-state index contributed by atoms with van der Waals surface area (Å²) in [4.78, 5) is 0. The fourth-order valence-corrected chi connectivity index (χ4v) is 2.40. The zero-order valence-electron chi connectivity index (χ0n) is 11.1. The third-order valence-corrected chi connectivity index (χ3v) is 3.69. The van der Waals surface area contributed by atoms with E-state index in [1.807, 2.05) is 18.2 Å². The summed E-state index contributed by atoms with van der Waals surface area (Å²) in [7, 11) is 0. The standard InChI is InChI=1S/C15H21NO3/c17-13(11-5-6-11)10-16-9-12-3-1-4-14-15(12)19-8-2-7-18-14/h1,3-4,11,13,16-17H,2,5-10H2. The number of aliphatic hydroxyl groups is 1. The number of aliphatic hydroxyl groups excluding tert-OH is 1. The van der Waals surface area contributed by atoms with Crippen LogP contribution >= 0.6 is 0 Å². The van der Waals surface area contributed by atoms with E-state index in [2.05, 4.69) is 5.32 Å². The molecular formula is C15H21NO3. The van der Waals surface area contributed by atoms with Crippen LogP contribution in [0.15, 0.2) is 18.2 Å². The molecule has 0 amide bonds. The topological polar surface area (TPSA) is 50.7 Å². The Labute approximate surface area is 113 Å². The monoisotopic (exact) mass is 263 g/mol. The summed E-state index contributed by atoms with van der Waals surface area (Å²) in [6, 6.07) is 5.98. The fourth-order valence-electron chi connectivity index (χ4n) is 2.40. The van der Waals surface area contributed by atoms with Gasteiger partial charge >= 0.3 is 0 Å². The van der Waals surface area contributed by atoms with Crippen molar-refractivity contribution >= 4 is 0 Å². The normalized spacial score (nSPS) is 19.8. The quantitative estimate of drug-likeness (QED) is 0.849. The van der Waals surface area contributed by atoms with Crippen molar-refractivity contribution in [2.75, 3.05) is 19.8 Å². The molecule has 1 saturated carbocycles. The van der Waals surface area contributed by atoms with Gasteiger partial charge in [0.15, 0.2) is 11.5 Å². The fraction of sp³-hybridized carbons (Fsp3) is 0.600. The number of benzene rings is 1. The minimum atomic E-state index is -0.209. The molecule has 2 N–H and O–H groups in total. The number of hydrogen-bond acceptors (Lipinski definition) is 4. The third-order valence-electron chi connectivity index (χ3n) is 3.69. The first kappa shape index (κ1) is 12.8. The number of rotatable bonds is 5. The Morgan fingerprint density at radius 3 is 2.95 bits per heavy atom. The van der Waals surface area contributed by atoms with Crippen molar-refractivity contribution < 1.29 is 14.6 Å². The first-order valence-corrected chi connectivity index (χ1v) is 7.11. The van der Waals surface area contributed by atoms with Gasteiger partial charge in [0, 0.05) is 25.1 Å². The van der Waals surface area contributed by atoms with Gasteiger partial charge in [0.25, 0.3) is 0 Å². The van der Waals surface area contributed by atoms with Crippen LogP contribution < -0.4 is 14.8 Å². The first-order valence-electron chi connectivity index (χ1n) is 7.11. The number of nitrogens with one attached hydrogen (secondary N) is 1. The average Bonchev–Trinajstić information content (AvgIpc) is 3.25. The summed E-state index contributed by atoms with van der Waals surface area (Å²) in [5.41, 5.74) is 1.10. The highest BCUT2D eigenvalue weighted by Crippen LogP contribution is 2.34. The van der Waals surface area contributed by atoms with E-state index in [4.69, 9.17) is 9.47 Å². The average molecular weight is 263 g/mol.